The van der Waals surface area contributed by atoms with E-state index in [1.165, 1.54) is 170 Å². The average molecular weight is 1210 g/mol. The predicted molar refractivity (Wildman–Crippen MR) is 405 cm³/mol. The zero-order valence-electron chi connectivity index (χ0n) is 53.4. The average Bonchev–Trinajstić information content (AvgIpc) is 1.63. The molecular formula is C94H64O. The maximum absolute atomic E-state index is 6.61. The van der Waals surface area contributed by atoms with Gasteiger partial charge in [0.15, 0.2) is 0 Å². The van der Waals surface area contributed by atoms with Crippen molar-refractivity contribution >= 4 is 97.3 Å². The Morgan fingerprint density at radius 2 is 0.516 bits per heavy atom. The van der Waals surface area contributed by atoms with E-state index in [9.17, 15) is 0 Å². The Morgan fingerprint density at radius 3 is 1.03 bits per heavy atom. The molecule has 0 saturated heterocycles. The minimum atomic E-state index is -0.161. The molecule has 0 atom stereocenters. The van der Waals surface area contributed by atoms with Gasteiger partial charge in [0.1, 0.15) is 11.2 Å². The first kappa shape index (κ1) is 55.0. The predicted octanol–water partition coefficient (Wildman–Crippen LogP) is 26.3. The summed E-state index contributed by atoms with van der Waals surface area (Å²) in [6, 6.07) is 116. The highest BCUT2D eigenvalue weighted by atomic mass is 16.3. The molecule has 2 aliphatic rings. The van der Waals surface area contributed by atoms with Gasteiger partial charge in [0.2, 0.25) is 0 Å². The summed E-state index contributed by atoms with van der Waals surface area (Å²) in [6.45, 7) is 9.58. The van der Waals surface area contributed by atoms with Crippen LogP contribution in [0.25, 0.3) is 175 Å². The summed E-state index contributed by atoms with van der Waals surface area (Å²) in [6.07, 6.45) is 0. The van der Waals surface area contributed by atoms with Gasteiger partial charge in [-0.3, -0.25) is 0 Å². The van der Waals surface area contributed by atoms with E-state index >= 15 is 0 Å². The number of fused-ring (bicyclic) bond motifs is 18. The SMILES string of the molecule is CC1(C)c2ccc3ccccc3c2-c2cccc(-c3c4ccccc4c(-c4cccc5c4oc4ccccc45)c4ccccc34)c21.CC1(C)c2ccc3ccccc3c2-c2cccc(-c3ccc(-c4c5ccccc5c(-c5cccc6ccccc56)c5ccccc45)cc3)c21. The van der Waals surface area contributed by atoms with Crippen molar-refractivity contribution in [3.8, 4) is 77.9 Å². The molecule has 0 amide bonds. The summed E-state index contributed by atoms with van der Waals surface area (Å²) in [5.41, 5.74) is 25.4. The van der Waals surface area contributed by atoms with Crippen LogP contribution in [-0.4, -0.2) is 0 Å². The number of benzene rings is 17. The lowest BCUT2D eigenvalue weighted by atomic mass is 9.76. The largest absolute Gasteiger partial charge is 0.455 e. The quantitative estimate of drug-likeness (QED) is 0.157. The molecule has 0 bridgehead atoms. The zero-order chi connectivity index (χ0) is 63.3. The highest BCUT2D eigenvalue weighted by Gasteiger charge is 2.40. The van der Waals surface area contributed by atoms with E-state index < -0.39 is 0 Å². The van der Waals surface area contributed by atoms with E-state index in [1.54, 1.807) is 0 Å². The fraction of sp³-hybridized carbons (Fsp3) is 0.0638. The van der Waals surface area contributed by atoms with Crippen LogP contribution in [0.3, 0.4) is 0 Å². The van der Waals surface area contributed by atoms with Gasteiger partial charge in [0.05, 0.1) is 0 Å². The van der Waals surface area contributed by atoms with Gasteiger partial charge < -0.3 is 4.42 Å². The Morgan fingerprint density at radius 1 is 0.200 bits per heavy atom. The maximum Gasteiger partial charge on any atom is 0.143 e. The molecule has 2 aliphatic carbocycles. The molecule has 0 saturated carbocycles. The molecule has 446 valence electrons. The third-order valence-corrected chi connectivity index (χ3v) is 21.5. The van der Waals surface area contributed by atoms with Crippen LogP contribution in [0.5, 0.6) is 0 Å². The third-order valence-electron chi connectivity index (χ3n) is 21.5. The molecule has 0 fully saturated rings. The highest BCUT2D eigenvalue weighted by molar-refractivity contribution is 6.26. The van der Waals surface area contributed by atoms with E-state index in [0.29, 0.717) is 0 Å². The smallest absolute Gasteiger partial charge is 0.143 e. The Balaban J connectivity index is 0.000000135. The molecule has 1 heterocycles. The Hall–Kier alpha value is -11.6. The number of furan rings is 1. The Bertz CT molecular complexity index is 6150. The van der Waals surface area contributed by atoms with Crippen LogP contribution in [0.4, 0.5) is 0 Å². The summed E-state index contributed by atoms with van der Waals surface area (Å²) in [4.78, 5) is 0. The van der Waals surface area contributed by atoms with Gasteiger partial charge in [0, 0.05) is 32.7 Å². The first-order chi connectivity index (χ1) is 46.7. The van der Waals surface area contributed by atoms with Gasteiger partial charge in [-0.25, -0.2) is 0 Å². The molecule has 1 nitrogen and oxygen atoms in total. The molecular weight excluding hydrogens is 1150 g/mol. The second kappa shape index (κ2) is 20.9. The van der Waals surface area contributed by atoms with Crippen LogP contribution in [0.15, 0.2) is 320 Å². The van der Waals surface area contributed by atoms with Gasteiger partial charge in [0.25, 0.3) is 0 Å². The van der Waals surface area contributed by atoms with Gasteiger partial charge in [-0.15, -0.1) is 0 Å². The van der Waals surface area contributed by atoms with Crippen molar-refractivity contribution in [1.82, 2.24) is 0 Å². The van der Waals surface area contributed by atoms with Gasteiger partial charge in [-0.2, -0.15) is 0 Å². The van der Waals surface area contributed by atoms with Gasteiger partial charge in [-0.1, -0.05) is 337 Å². The normalized spacial score (nSPS) is 13.4. The lowest BCUT2D eigenvalue weighted by Crippen LogP contribution is -2.16. The monoisotopic (exact) mass is 1210 g/mol. The zero-order valence-corrected chi connectivity index (χ0v) is 53.4. The van der Waals surface area contributed by atoms with Crippen LogP contribution < -0.4 is 0 Å². The summed E-state index contributed by atoms with van der Waals surface area (Å²) in [5.74, 6) is 0. The molecule has 0 aliphatic heterocycles. The van der Waals surface area contributed by atoms with E-state index in [-0.39, 0.29) is 10.8 Å². The summed E-state index contributed by atoms with van der Waals surface area (Å²) < 4.78 is 6.61. The lowest BCUT2D eigenvalue weighted by Gasteiger charge is -2.26. The van der Waals surface area contributed by atoms with Crippen LogP contribution in [0, 0.1) is 0 Å². The maximum atomic E-state index is 6.61. The highest BCUT2D eigenvalue weighted by Crippen LogP contribution is 2.58. The molecule has 0 radical (unpaired) electrons. The van der Waals surface area contributed by atoms with E-state index in [2.05, 4.69) is 337 Å². The van der Waals surface area contributed by atoms with E-state index in [0.717, 1.165) is 27.5 Å². The molecule has 0 unspecified atom stereocenters. The van der Waals surface area contributed by atoms with Crippen LogP contribution in [-0.2, 0) is 10.8 Å². The summed E-state index contributed by atoms with van der Waals surface area (Å²) >= 11 is 0. The molecule has 0 spiro atoms. The lowest BCUT2D eigenvalue weighted by molar-refractivity contribution is 0.662. The van der Waals surface area contributed by atoms with Crippen LogP contribution in [0.2, 0.25) is 0 Å². The standard InChI is InChI=1S/C49H34.C45H30O/c1-49(2)44-30-29-32-14-4-6-17-36(32)47(44)43-24-12-22-37(48(43)49)33-25-27-34(28-26-33)45-39-18-7-9-20-41(39)46(42-21-10-8-19-40(42)45)38-23-11-15-31-13-3-5-16-35(31)38;1-45(2)38-26-25-27-13-3-4-14-28(27)42(38)36-22-12-21-35(43(36)45)40-30-16-5-7-18-32(30)41(33-19-8-6-17-31(33)40)37-23-11-20-34-29-15-9-10-24-39(29)46-44(34)37/h3-30H,1-2H3;3-26H,1-2H3. The molecule has 0 N–H and O–H groups in total. The van der Waals surface area contributed by atoms with Crippen molar-refractivity contribution in [3.05, 3.63) is 338 Å². The first-order valence-electron chi connectivity index (χ1n) is 33.4. The Kier molecular flexibility index (Phi) is 12.1. The van der Waals surface area contributed by atoms with E-state index in [4.69, 9.17) is 4.42 Å². The minimum absolute atomic E-state index is 0.103. The molecule has 95 heavy (non-hydrogen) atoms. The summed E-state index contributed by atoms with van der Waals surface area (Å²) in [5, 5.41) is 20.2. The number of rotatable bonds is 5. The van der Waals surface area contributed by atoms with Crippen molar-refractivity contribution in [2.45, 2.75) is 38.5 Å². The number of hydrogen-bond donors (Lipinski definition) is 0. The van der Waals surface area contributed by atoms with Crippen molar-refractivity contribution in [1.29, 1.82) is 0 Å². The molecule has 18 aromatic rings. The molecule has 20 rings (SSSR count). The van der Waals surface area contributed by atoms with Gasteiger partial charge >= 0.3 is 0 Å². The number of hydrogen-bond acceptors (Lipinski definition) is 1. The van der Waals surface area contributed by atoms with Crippen LogP contribution >= 0.6 is 0 Å². The topological polar surface area (TPSA) is 13.1 Å². The molecule has 17 aromatic carbocycles. The van der Waals surface area contributed by atoms with E-state index in [1.807, 2.05) is 6.07 Å². The van der Waals surface area contributed by atoms with Crippen molar-refractivity contribution in [3.63, 3.8) is 0 Å². The Labute approximate surface area is 552 Å². The van der Waals surface area contributed by atoms with Gasteiger partial charge in [-0.05, 0) is 170 Å². The molecule has 1 aromatic heterocycles. The fourth-order valence-electron chi connectivity index (χ4n) is 17.4. The number of para-hydroxylation sites is 2. The fourth-order valence-corrected chi connectivity index (χ4v) is 17.4. The van der Waals surface area contributed by atoms with Crippen molar-refractivity contribution in [2.75, 3.05) is 0 Å². The summed E-state index contributed by atoms with van der Waals surface area (Å²) in [7, 11) is 0. The first-order valence-corrected chi connectivity index (χ1v) is 33.4. The van der Waals surface area contributed by atoms with Crippen molar-refractivity contribution in [2.24, 2.45) is 0 Å². The third kappa shape index (κ3) is 8.09. The second-order valence-corrected chi connectivity index (χ2v) is 27.2. The molecule has 1 heteroatoms. The van der Waals surface area contributed by atoms with Crippen LogP contribution in [0.1, 0.15) is 49.9 Å². The van der Waals surface area contributed by atoms with Crippen molar-refractivity contribution < 1.29 is 4.42 Å². The second-order valence-electron chi connectivity index (χ2n) is 27.2. The minimum Gasteiger partial charge on any atom is -0.455 e.